The molecular weight excluding hydrogens is 352 g/mol. The predicted octanol–water partition coefficient (Wildman–Crippen LogP) is 4.33. The first-order chi connectivity index (χ1) is 13.4. The highest BCUT2D eigenvalue weighted by Gasteiger charge is 2.16. The first-order valence-corrected chi connectivity index (χ1v) is 9.08. The summed E-state index contributed by atoms with van der Waals surface area (Å²) >= 11 is 0. The first-order valence-electron chi connectivity index (χ1n) is 9.08. The maximum Gasteiger partial charge on any atom is 0.270 e. The quantitative estimate of drug-likeness (QED) is 0.670. The van der Waals surface area contributed by atoms with Gasteiger partial charge >= 0.3 is 0 Å². The Bertz CT molecular complexity index is 919. The summed E-state index contributed by atoms with van der Waals surface area (Å²) in [6.45, 7) is 6.29. The van der Waals surface area contributed by atoms with Crippen LogP contribution >= 0.6 is 0 Å². The number of nitrogens with zero attached hydrogens (tertiary/aromatic N) is 2. The fourth-order valence-electron chi connectivity index (χ4n) is 2.45. The fraction of sp³-hybridized carbons (Fsp3) is 0.227. The van der Waals surface area contributed by atoms with Crippen LogP contribution < -0.4 is 15.4 Å². The normalized spacial score (nSPS) is 11.0. The smallest absolute Gasteiger partial charge is 0.270 e. The van der Waals surface area contributed by atoms with Gasteiger partial charge in [-0.25, -0.2) is 9.97 Å². The lowest BCUT2D eigenvalue weighted by molar-refractivity contribution is 0.0914. The lowest BCUT2D eigenvalue weighted by atomic mass is 10.1. The second-order valence-electron chi connectivity index (χ2n) is 7.39. The highest BCUT2D eigenvalue weighted by Crippen LogP contribution is 2.19. The molecule has 6 heteroatoms. The van der Waals surface area contributed by atoms with Crippen LogP contribution in [-0.2, 0) is 6.61 Å². The van der Waals surface area contributed by atoms with Gasteiger partial charge in [-0.1, -0.05) is 30.3 Å². The molecule has 0 saturated carbocycles. The highest BCUT2D eigenvalue weighted by atomic mass is 16.5. The Hall–Kier alpha value is -3.41. The summed E-state index contributed by atoms with van der Waals surface area (Å²) in [6, 6.07) is 19.1. The Morgan fingerprint density at radius 3 is 2.39 bits per heavy atom. The van der Waals surface area contributed by atoms with Crippen molar-refractivity contribution in [3.8, 4) is 5.75 Å². The Morgan fingerprint density at radius 2 is 1.71 bits per heavy atom. The number of nitrogens with one attached hydrogen (secondary N) is 2. The van der Waals surface area contributed by atoms with Gasteiger partial charge in [0, 0.05) is 17.4 Å². The molecule has 6 nitrogen and oxygen atoms in total. The van der Waals surface area contributed by atoms with E-state index >= 15 is 0 Å². The van der Waals surface area contributed by atoms with E-state index in [0.29, 0.717) is 18.2 Å². The lowest BCUT2D eigenvalue weighted by Crippen LogP contribution is -2.41. The van der Waals surface area contributed by atoms with Gasteiger partial charge in [-0.05, 0) is 56.7 Å². The standard InChI is InChI=1S/C22H24N4O2/c1-22(2,3)26-20(27)19-13-14-23-21(25-19)24-17-9-11-18(12-10-17)28-15-16-7-5-4-6-8-16/h4-14H,15H2,1-3H3,(H,26,27)(H,23,24,25). The van der Waals surface area contributed by atoms with Crippen LogP contribution in [0.25, 0.3) is 0 Å². The van der Waals surface area contributed by atoms with Crippen LogP contribution in [0, 0.1) is 0 Å². The molecule has 28 heavy (non-hydrogen) atoms. The Kier molecular flexibility index (Phi) is 5.89. The molecule has 0 aliphatic heterocycles. The van der Waals surface area contributed by atoms with Crippen molar-refractivity contribution in [3.63, 3.8) is 0 Å². The maximum absolute atomic E-state index is 12.3. The number of hydrogen-bond donors (Lipinski definition) is 2. The molecule has 2 N–H and O–H groups in total. The van der Waals surface area contributed by atoms with Gasteiger partial charge in [0.15, 0.2) is 0 Å². The molecule has 1 aromatic heterocycles. The zero-order valence-corrected chi connectivity index (χ0v) is 16.3. The van der Waals surface area contributed by atoms with Crippen molar-refractivity contribution in [3.05, 3.63) is 78.1 Å². The molecule has 0 aliphatic carbocycles. The summed E-state index contributed by atoms with van der Waals surface area (Å²) in [6.07, 6.45) is 1.56. The molecular formula is C22H24N4O2. The summed E-state index contributed by atoms with van der Waals surface area (Å²) in [5.41, 5.74) is 1.91. The van der Waals surface area contributed by atoms with E-state index in [0.717, 1.165) is 17.0 Å². The third-order valence-corrected chi connectivity index (χ3v) is 3.74. The lowest BCUT2D eigenvalue weighted by Gasteiger charge is -2.20. The highest BCUT2D eigenvalue weighted by molar-refractivity contribution is 5.92. The van der Waals surface area contributed by atoms with Crippen LogP contribution in [0.2, 0.25) is 0 Å². The Balaban J connectivity index is 1.61. The molecule has 0 bridgehead atoms. The van der Waals surface area contributed by atoms with Gasteiger partial charge in [0.05, 0.1) is 0 Å². The number of hydrogen-bond acceptors (Lipinski definition) is 5. The van der Waals surface area contributed by atoms with Gasteiger partial charge in [-0.15, -0.1) is 0 Å². The van der Waals surface area contributed by atoms with Crippen LogP contribution in [0.4, 0.5) is 11.6 Å². The minimum atomic E-state index is -0.328. The number of rotatable bonds is 6. The molecule has 0 aliphatic rings. The molecule has 0 atom stereocenters. The van der Waals surface area contributed by atoms with E-state index in [-0.39, 0.29) is 11.4 Å². The minimum absolute atomic E-state index is 0.234. The van der Waals surface area contributed by atoms with E-state index in [4.69, 9.17) is 4.74 Å². The summed E-state index contributed by atoms with van der Waals surface area (Å²) in [4.78, 5) is 20.7. The zero-order chi connectivity index (χ0) is 20.0. The monoisotopic (exact) mass is 376 g/mol. The van der Waals surface area contributed by atoms with Gasteiger partial charge < -0.3 is 15.4 Å². The summed E-state index contributed by atoms with van der Waals surface area (Å²) in [5.74, 6) is 0.899. The van der Waals surface area contributed by atoms with E-state index in [1.807, 2.05) is 75.4 Å². The van der Waals surface area contributed by atoms with Crippen LogP contribution in [0.1, 0.15) is 36.8 Å². The minimum Gasteiger partial charge on any atom is -0.489 e. The summed E-state index contributed by atoms with van der Waals surface area (Å²) < 4.78 is 5.78. The second kappa shape index (κ2) is 8.52. The van der Waals surface area contributed by atoms with Crippen molar-refractivity contribution < 1.29 is 9.53 Å². The number of amides is 1. The van der Waals surface area contributed by atoms with Crippen LogP contribution in [0.15, 0.2) is 66.9 Å². The largest absolute Gasteiger partial charge is 0.489 e. The third kappa shape index (κ3) is 5.81. The van der Waals surface area contributed by atoms with Crippen molar-refractivity contribution in [1.82, 2.24) is 15.3 Å². The zero-order valence-electron chi connectivity index (χ0n) is 16.3. The fourth-order valence-corrected chi connectivity index (χ4v) is 2.45. The number of carbonyl (C=O) groups is 1. The van der Waals surface area contributed by atoms with Gasteiger partial charge in [-0.2, -0.15) is 0 Å². The summed E-state index contributed by atoms with van der Waals surface area (Å²) in [5, 5.41) is 5.99. The Morgan fingerprint density at radius 1 is 1.00 bits per heavy atom. The Labute approximate surface area is 165 Å². The molecule has 0 radical (unpaired) electrons. The van der Waals surface area contributed by atoms with E-state index in [2.05, 4.69) is 20.6 Å². The molecule has 0 unspecified atom stereocenters. The van der Waals surface area contributed by atoms with Crippen molar-refractivity contribution in [2.24, 2.45) is 0 Å². The average Bonchev–Trinajstić information content (AvgIpc) is 2.67. The molecule has 1 heterocycles. The number of anilines is 2. The maximum atomic E-state index is 12.3. The summed E-state index contributed by atoms with van der Waals surface area (Å²) in [7, 11) is 0. The van der Waals surface area contributed by atoms with Crippen molar-refractivity contribution >= 4 is 17.5 Å². The van der Waals surface area contributed by atoms with E-state index in [9.17, 15) is 4.79 Å². The molecule has 0 spiro atoms. The SMILES string of the molecule is CC(C)(C)NC(=O)c1ccnc(Nc2ccc(OCc3ccccc3)cc2)n1. The molecule has 3 aromatic rings. The molecule has 0 fully saturated rings. The van der Waals surface area contributed by atoms with Crippen molar-refractivity contribution in [1.29, 1.82) is 0 Å². The molecule has 2 aromatic carbocycles. The van der Waals surface area contributed by atoms with Crippen LogP contribution in [-0.4, -0.2) is 21.4 Å². The second-order valence-corrected chi connectivity index (χ2v) is 7.39. The third-order valence-electron chi connectivity index (χ3n) is 3.74. The van der Waals surface area contributed by atoms with E-state index in [1.165, 1.54) is 0 Å². The van der Waals surface area contributed by atoms with Crippen molar-refractivity contribution in [2.45, 2.75) is 32.9 Å². The molecule has 144 valence electrons. The number of benzene rings is 2. The van der Waals surface area contributed by atoms with Gasteiger partial charge in [-0.3, -0.25) is 4.79 Å². The van der Waals surface area contributed by atoms with Gasteiger partial charge in [0.25, 0.3) is 5.91 Å². The van der Waals surface area contributed by atoms with E-state index < -0.39 is 0 Å². The number of carbonyl (C=O) groups excluding carboxylic acids is 1. The molecule has 3 rings (SSSR count). The topological polar surface area (TPSA) is 76.1 Å². The van der Waals surface area contributed by atoms with Crippen LogP contribution in [0.3, 0.4) is 0 Å². The van der Waals surface area contributed by atoms with Gasteiger partial charge in [0.2, 0.25) is 5.95 Å². The van der Waals surface area contributed by atoms with Crippen LogP contribution in [0.5, 0.6) is 5.75 Å². The first kappa shape index (κ1) is 19.4. The predicted molar refractivity (Wildman–Crippen MR) is 110 cm³/mol. The van der Waals surface area contributed by atoms with E-state index in [1.54, 1.807) is 12.3 Å². The number of ether oxygens (including phenoxy) is 1. The van der Waals surface area contributed by atoms with Crippen molar-refractivity contribution in [2.75, 3.05) is 5.32 Å². The molecule has 0 saturated heterocycles. The van der Waals surface area contributed by atoms with Gasteiger partial charge in [0.1, 0.15) is 18.1 Å². The number of aromatic nitrogens is 2. The molecule has 1 amide bonds. The average molecular weight is 376 g/mol.